The minimum atomic E-state index is -0.221. The lowest BCUT2D eigenvalue weighted by atomic mass is 10.00. The standard InChI is InChI=1S/C16H17BrN2O/c1-11(12-6-4-7-14(18)9-12)16(20)19-10-13-5-2-3-8-15(13)17/h2-9,11H,10,18H2,1H3,(H,19,20). The van der Waals surface area contributed by atoms with Gasteiger partial charge in [0.05, 0.1) is 5.92 Å². The van der Waals surface area contributed by atoms with Crippen LogP contribution in [0.5, 0.6) is 0 Å². The van der Waals surface area contributed by atoms with Crippen molar-refractivity contribution in [2.45, 2.75) is 19.4 Å². The van der Waals surface area contributed by atoms with Crippen molar-refractivity contribution < 1.29 is 4.79 Å². The summed E-state index contributed by atoms with van der Waals surface area (Å²) in [6, 6.07) is 15.3. The van der Waals surface area contributed by atoms with Crippen LogP contribution in [-0.4, -0.2) is 5.91 Å². The first-order valence-corrected chi connectivity index (χ1v) is 7.24. The van der Waals surface area contributed by atoms with Crippen molar-refractivity contribution in [1.82, 2.24) is 5.32 Å². The Morgan fingerprint density at radius 1 is 1.25 bits per heavy atom. The molecule has 4 heteroatoms. The van der Waals surface area contributed by atoms with Crippen LogP contribution in [0.1, 0.15) is 24.0 Å². The second-order valence-corrected chi connectivity index (χ2v) is 5.56. The van der Waals surface area contributed by atoms with Gasteiger partial charge in [0.1, 0.15) is 0 Å². The number of rotatable bonds is 4. The number of hydrogen-bond acceptors (Lipinski definition) is 2. The van der Waals surface area contributed by atoms with Crippen molar-refractivity contribution in [3.63, 3.8) is 0 Å². The molecule has 3 N–H and O–H groups in total. The van der Waals surface area contributed by atoms with Crippen LogP contribution in [-0.2, 0) is 11.3 Å². The van der Waals surface area contributed by atoms with Gasteiger partial charge in [0, 0.05) is 16.7 Å². The minimum absolute atomic E-state index is 0.00801. The molecule has 1 amide bonds. The summed E-state index contributed by atoms with van der Waals surface area (Å²) in [5, 5.41) is 2.95. The van der Waals surface area contributed by atoms with Crippen LogP contribution in [0, 0.1) is 0 Å². The molecule has 1 unspecified atom stereocenters. The van der Waals surface area contributed by atoms with E-state index in [9.17, 15) is 4.79 Å². The Labute approximate surface area is 127 Å². The molecule has 2 rings (SSSR count). The summed E-state index contributed by atoms with van der Waals surface area (Å²) in [7, 11) is 0. The summed E-state index contributed by atoms with van der Waals surface area (Å²) in [6.45, 7) is 2.39. The van der Waals surface area contributed by atoms with E-state index >= 15 is 0 Å². The van der Waals surface area contributed by atoms with Gasteiger partial charge in [-0.2, -0.15) is 0 Å². The maximum atomic E-state index is 12.2. The fourth-order valence-corrected chi connectivity index (χ4v) is 2.38. The number of nitrogens with one attached hydrogen (secondary N) is 1. The van der Waals surface area contributed by atoms with Crippen LogP contribution < -0.4 is 11.1 Å². The van der Waals surface area contributed by atoms with Gasteiger partial charge in [-0.25, -0.2) is 0 Å². The number of amides is 1. The quantitative estimate of drug-likeness (QED) is 0.842. The first-order valence-electron chi connectivity index (χ1n) is 6.44. The molecule has 0 aliphatic heterocycles. The number of halogens is 1. The molecular formula is C16H17BrN2O. The van der Waals surface area contributed by atoms with Crippen LogP contribution >= 0.6 is 15.9 Å². The fraction of sp³-hybridized carbons (Fsp3) is 0.188. The number of nitrogen functional groups attached to an aromatic ring is 1. The topological polar surface area (TPSA) is 55.1 Å². The lowest BCUT2D eigenvalue weighted by Crippen LogP contribution is -2.27. The zero-order valence-electron chi connectivity index (χ0n) is 11.3. The summed E-state index contributed by atoms with van der Waals surface area (Å²) < 4.78 is 0.997. The normalized spacial score (nSPS) is 11.9. The van der Waals surface area contributed by atoms with E-state index in [0.29, 0.717) is 12.2 Å². The summed E-state index contributed by atoms with van der Waals surface area (Å²) in [5.74, 6) is -0.229. The van der Waals surface area contributed by atoms with Crippen LogP contribution in [0.15, 0.2) is 53.0 Å². The number of benzene rings is 2. The Kier molecular flexibility index (Phi) is 4.79. The molecule has 3 nitrogen and oxygen atoms in total. The van der Waals surface area contributed by atoms with Gasteiger partial charge >= 0.3 is 0 Å². The Hall–Kier alpha value is -1.81. The number of hydrogen-bond donors (Lipinski definition) is 2. The molecule has 0 radical (unpaired) electrons. The highest BCUT2D eigenvalue weighted by atomic mass is 79.9. The van der Waals surface area contributed by atoms with E-state index in [1.54, 1.807) is 0 Å². The van der Waals surface area contributed by atoms with Crippen molar-refractivity contribution in [2.75, 3.05) is 5.73 Å². The summed E-state index contributed by atoms with van der Waals surface area (Å²) in [6.07, 6.45) is 0. The van der Waals surface area contributed by atoms with Crippen molar-refractivity contribution in [3.05, 3.63) is 64.1 Å². The van der Waals surface area contributed by atoms with E-state index in [1.807, 2.05) is 55.5 Å². The number of nitrogens with two attached hydrogens (primary N) is 1. The van der Waals surface area contributed by atoms with E-state index in [0.717, 1.165) is 15.6 Å². The highest BCUT2D eigenvalue weighted by molar-refractivity contribution is 9.10. The molecule has 0 aromatic heterocycles. The minimum Gasteiger partial charge on any atom is -0.399 e. The molecule has 0 heterocycles. The third kappa shape index (κ3) is 3.61. The van der Waals surface area contributed by atoms with Crippen molar-refractivity contribution in [1.29, 1.82) is 0 Å². The average Bonchev–Trinajstić information content (AvgIpc) is 2.45. The first-order chi connectivity index (χ1) is 9.58. The molecule has 2 aromatic rings. The van der Waals surface area contributed by atoms with Crippen LogP contribution in [0.4, 0.5) is 5.69 Å². The van der Waals surface area contributed by atoms with E-state index in [1.165, 1.54) is 0 Å². The van der Waals surface area contributed by atoms with E-state index in [-0.39, 0.29) is 11.8 Å². The summed E-state index contributed by atoms with van der Waals surface area (Å²) in [4.78, 5) is 12.2. The molecule has 0 bridgehead atoms. The van der Waals surface area contributed by atoms with Crippen LogP contribution in [0.25, 0.3) is 0 Å². The maximum absolute atomic E-state index is 12.2. The Balaban J connectivity index is 2.00. The third-order valence-electron chi connectivity index (χ3n) is 3.21. The third-order valence-corrected chi connectivity index (χ3v) is 3.99. The van der Waals surface area contributed by atoms with E-state index < -0.39 is 0 Å². The Morgan fingerprint density at radius 2 is 2.00 bits per heavy atom. The smallest absolute Gasteiger partial charge is 0.227 e. The average molecular weight is 333 g/mol. The lowest BCUT2D eigenvalue weighted by molar-refractivity contribution is -0.122. The molecule has 20 heavy (non-hydrogen) atoms. The SMILES string of the molecule is CC(C(=O)NCc1ccccc1Br)c1cccc(N)c1. The molecular weight excluding hydrogens is 316 g/mol. The molecule has 104 valence electrons. The van der Waals surface area contributed by atoms with Crippen molar-refractivity contribution in [2.24, 2.45) is 0 Å². The van der Waals surface area contributed by atoms with Crippen molar-refractivity contribution >= 4 is 27.5 Å². The largest absolute Gasteiger partial charge is 0.399 e. The molecule has 0 spiro atoms. The summed E-state index contributed by atoms with van der Waals surface area (Å²) in [5.41, 5.74) is 8.40. The molecule has 0 saturated heterocycles. The second-order valence-electron chi connectivity index (χ2n) is 4.70. The van der Waals surface area contributed by atoms with Gasteiger partial charge in [0.25, 0.3) is 0 Å². The zero-order valence-corrected chi connectivity index (χ0v) is 12.9. The highest BCUT2D eigenvalue weighted by Crippen LogP contribution is 2.19. The van der Waals surface area contributed by atoms with Gasteiger partial charge in [-0.15, -0.1) is 0 Å². The molecule has 0 fully saturated rings. The van der Waals surface area contributed by atoms with E-state index in [4.69, 9.17) is 5.73 Å². The predicted octanol–water partition coefficient (Wildman–Crippen LogP) is 3.45. The lowest BCUT2D eigenvalue weighted by Gasteiger charge is -2.13. The van der Waals surface area contributed by atoms with Crippen LogP contribution in [0.3, 0.4) is 0 Å². The number of carbonyl (C=O) groups excluding carboxylic acids is 1. The fourth-order valence-electron chi connectivity index (χ4n) is 1.96. The molecule has 1 atom stereocenters. The van der Waals surface area contributed by atoms with Crippen molar-refractivity contribution in [3.8, 4) is 0 Å². The van der Waals surface area contributed by atoms with Gasteiger partial charge in [-0.05, 0) is 36.2 Å². The number of carbonyl (C=O) groups is 1. The Morgan fingerprint density at radius 3 is 2.70 bits per heavy atom. The molecule has 0 saturated carbocycles. The van der Waals surface area contributed by atoms with Crippen LogP contribution in [0.2, 0.25) is 0 Å². The molecule has 0 aliphatic rings. The first kappa shape index (κ1) is 14.6. The Bertz CT molecular complexity index is 613. The molecule has 0 aliphatic carbocycles. The number of anilines is 1. The summed E-state index contributed by atoms with van der Waals surface area (Å²) >= 11 is 3.47. The molecule has 2 aromatic carbocycles. The highest BCUT2D eigenvalue weighted by Gasteiger charge is 2.15. The van der Waals surface area contributed by atoms with Gasteiger partial charge < -0.3 is 11.1 Å². The second kappa shape index (κ2) is 6.57. The van der Waals surface area contributed by atoms with Gasteiger partial charge in [-0.1, -0.05) is 46.3 Å². The monoisotopic (exact) mass is 332 g/mol. The van der Waals surface area contributed by atoms with E-state index in [2.05, 4.69) is 21.2 Å². The van der Waals surface area contributed by atoms with Gasteiger partial charge in [-0.3, -0.25) is 4.79 Å². The predicted molar refractivity (Wildman–Crippen MR) is 85.3 cm³/mol. The van der Waals surface area contributed by atoms with Gasteiger partial charge in [0.2, 0.25) is 5.91 Å². The van der Waals surface area contributed by atoms with Gasteiger partial charge in [0.15, 0.2) is 0 Å². The zero-order chi connectivity index (χ0) is 14.5. The maximum Gasteiger partial charge on any atom is 0.227 e.